The summed E-state index contributed by atoms with van der Waals surface area (Å²) < 4.78 is 143. The molecule has 4 nitrogen and oxygen atoms in total. The number of β-amino-alcohol motifs (C(OH)–C–C–N with tert-alkyl or cyclic N) is 1. The fraction of sp³-hybridized carbons (Fsp3) is 0.280. The lowest BCUT2D eigenvalue weighted by molar-refractivity contribution is -0.253. The predicted molar refractivity (Wildman–Crippen MR) is 117 cm³/mol. The van der Waals surface area contributed by atoms with Crippen LogP contribution in [0.1, 0.15) is 11.6 Å². The average molecular weight is 569 g/mol. The fourth-order valence-electron chi connectivity index (χ4n) is 4.04. The number of aliphatic hydroxyl groups excluding tert-OH is 1. The number of hydrogen-bond acceptors (Lipinski definition) is 4. The summed E-state index contributed by atoms with van der Waals surface area (Å²) in [6.45, 7) is -1.58. The molecule has 0 saturated heterocycles. The number of nitrogens with zero attached hydrogens (tertiary/aromatic N) is 1. The van der Waals surface area contributed by atoms with Gasteiger partial charge in [0.1, 0.15) is 12.4 Å². The summed E-state index contributed by atoms with van der Waals surface area (Å²) in [5.41, 5.74) is -0.324. The first-order valence-corrected chi connectivity index (χ1v) is 11.1. The molecule has 0 aliphatic carbocycles. The Morgan fingerprint density at radius 1 is 0.949 bits per heavy atom. The molecule has 1 aliphatic heterocycles. The van der Waals surface area contributed by atoms with Crippen LogP contribution in [0.15, 0.2) is 54.6 Å². The van der Waals surface area contributed by atoms with E-state index in [9.17, 15) is 49.0 Å². The molecule has 1 aliphatic rings. The maximum atomic E-state index is 13.9. The van der Waals surface area contributed by atoms with Crippen molar-refractivity contribution in [2.24, 2.45) is 0 Å². The highest BCUT2D eigenvalue weighted by atomic mass is 19.4. The van der Waals surface area contributed by atoms with E-state index in [-0.39, 0.29) is 28.1 Å². The summed E-state index contributed by atoms with van der Waals surface area (Å²) in [6, 6.07) is 8.25. The zero-order chi connectivity index (χ0) is 28.7. The Morgan fingerprint density at radius 3 is 2.21 bits per heavy atom. The third-order valence-corrected chi connectivity index (χ3v) is 5.86. The lowest BCUT2D eigenvalue weighted by Crippen LogP contribution is -2.46. The molecule has 0 saturated carbocycles. The maximum absolute atomic E-state index is 13.9. The van der Waals surface area contributed by atoms with E-state index >= 15 is 0 Å². The van der Waals surface area contributed by atoms with Crippen LogP contribution >= 0.6 is 0 Å². The largest absolute Gasteiger partial charge is 0.488 e. The van der Waals surface area contributed by atoms with Gasteiger partial charge in [0.25, 0.3) is 0 Å². The molecule has 0 amide bonds. The van der Waals surface area contributed by atoms with Gasteiger partial charge >= 0.3 is 18.7 Å². The Bertz CT molecular complexity index is 1320. The van der Waals surface area contributed by atoms with E-state index in [0.29, 0.717) is 12.1 Å². The van der Waals surface area contributed by atoms with Gasteiger partial charge in [0.05, 0.1) is 18.3 Å². The summed E-state index contributed by atoms with van der Waals surface area (Å²) in [4.78, 5) is 1.01. The van der Waals surface area contributed by atoms with Crippen molar-refractivity contribution in [1.29, 1.82) is 0 Å². The predicted octanol–water partition coefficient (Wildman–Crippen LogP) is 6.87. The van der Waals surface area contributed by atoms with Gasteiger partial charge in [0.2, 0.25) is 0 Å². The molecule has 3 aromatic rings. The smallest absolute Gasteiger partial charge is 0.461 e. The molecule has 210 valence electrons. The second-order valence-electron chi connectivity index (χ2n) is 8.48. The molecule has 0 aromatic heterocycles. The molecular formula is C25H17F10NO3. The van der Waals surface area contributed by atoms with E-state index in [1.54, 1.807) is 0 Å². The summed E-state index contributed by atoms with van der Waals surface area (Å²) in [5, 5.41) is 9.83. The van der Waals surface area contributed by atoms with Gasteiger partial charge < -0.3 is 19.5 Å². The van der Waals surface area contributed by atoms with Crippen LogP contribution in [0, 0.1) is 17.5 Å². The van der Waals surface area contributed by atoms with E-state index in [0.717, 1.165) is 23.1 Å². The molecule has 3 aromatic carbocycles. The van der Waals surface area contributed by atoms with Crippen LogP contribution in [0.3, 0.4) is 0 Å². The van der Waals surface area contributed by atoms with Gasteiger partial charge in [-0.3, -0.25) is 0 Å². The van der Waals surface area contributed by atoms with Crippen LogP contribution in [0.5, 0.6) is 11.5 Å². The number of benzene rings is 3. The number of para-hydroxylation sites is 1. The first kappa shape index (κ1) is 28.3. The minimum atomic E-state index is -5.08. The molecule has 0 radical (unpaired) electrons. The zero-order valence-electron chi connectivity index (χ0n) is 19.3. The molecule has 39 heavy (non-hydrogen) atoms. The van der Waals surface area contributed by atoms with Gasteiger partial charge in [-0.1, -0.05) is 24.3 Å². The maximum Gasteiger partial charge on any atom is 0.461 e. The van der Waals surface area contributed by atoms with Crippen LogP contribution in [0.4, 0.5) is 49.6 Å². The van der Waals surface area contributed by atoms with Crippen LogP contribution in [0.25, 0.3) is 11.1 Å². The van der Waals surface area contributed by atoms with E-state index in [2.05, 4.69) is 4.74 Å². The van der Waals surface area contributed by atoms with Gasteiger partial charge in [-0.15, -0.1) is 0 Å². The monoisotopic (exact) mass is 569 g/mol. The van der Waals surface area contributed by atoms with Crippen molar-refractivity contribution in [3.63, 3.8) is 0 Å². The molecule has 14 heteroatoms. The molecular weight excluding hydrogens is 552 g/mol. The van der Waals surface area contributed by atoms with Crippen molar-refractivity contribution in [2.45, 2.75) is 30.9 Å². The van der Waals surface area contributed by atoms with E-state index < -0.39 is 67.2 Å². The summed E-state index contributed by atoms with van der Waals surface area (Å²) in [7, 11) is 0. The quantitative estimate of drug-likeness (QED) is 0.249. The second-order valence-corrected chi connectivity index (χ2v) is 8.48. The molecule has 1 N–H and O–H groups in total. The van der Waals surface area contributed by atoms with Gasteiger partial charge in [-0.25, -0.2) is 13.2 Å². The highest BCUT2D eigenvalue weighted by Gasteiger charge is 2.45. The standard InChI is InChI=1S/C25H17F10NO3/c26-16-8-13(9-17(27)21(16)28)15-5-2-6-18-22(15)38-11-19(36(18)10-20(37)24(31,32)33)12-3-1-4-14(7-12)39-25(34,35)23(29)30/h1-9,19-20,23,37H,10-11H2/t19?,20-/m0/s1. The molecule has 1 heterocycles. The topological polar surface area (TPSA) is 41.9 Å². The Balaban J connectivity index is 1.79. The summed E-state index contributed by atoms with van der Waals surface area (Å²) in [6.07, 6.45) is -17.0. The van der Waals surface area contributed by atoms with Gasteiger partial charge in [-0.2, -0.15) is 30.7 Å². The highest BCUT2D eigenvalue weighted by Crippen LogP contribution is 2.46. The molecule has 0 spiro atoms. The van der Waals surface area contributed by atoms with E-state index in [1.807, 2.05) is 0 Å². The minimum absolute atomic E-state index is 0.00173. The molecule has 0 fully saturated rings. The molecule has 2 atom stereocenters. The molecule has 1 unspecified atom stereocenters. The van der Waals surface area contributed by atoms with E-state index in [1.165, 1.54) is 24.3 Å². The van der Waals surface area contributed by atoms with Crippen molar-refractivity contribution in [1.82, 2.24) is 0 Å². The molecule has 4 rings (SSSR count). The number of ether oxygens (including phenoxy) is 2. The Morgan fingerprint density at radius 2 is 1.59 bits per heavy atom. The highest BCUT2D eigenvalue weighted by molar-refractivity contribution is 5.80. The number of halogens is 10. The third kappa shape index (κ3) is 5.84. The zero-order valence-corrected chi connectivity index (χ0v) is 19.3. The van der Waals surface area contributed by atoms with Crippen LogP contribution in [-0.2, 0) is 0 Å². The number of aliphatic hydroxyl groups is 1. The average Bonchev–Trinajstić information content (AvgIpc) is 2.86. The van der Waals surface area contributed by atoms with Gasteiger partial charge in [0.15, 0.2) is 29.3 Å². The first-order chi connectivity index (χ1) is 18.2. The molecule has 0 bridgehead atoms. The minimum Gasteiger partial charge on any atom is -0.488 e. The van der Waals surface area contributed by atoms with E-state index in [4.69, 9.17) is 4.74 Å². The number of hydrogen-bond donors (Lipinski definition) is 1. The Hall–Kier alpha value is -3.68. The fourth-order valence-corrected chi connectivity index (χ4v) is 4.04. The van der Waals surface area contributed by atoms with Crippen LogP contribution in [-0.4, -0.2) is 43.1 Å². The van der Waals surface area contributed by atoms with Gasteiger partial charge in [0, 0.05) is 5.56 Å². The van der Waals surface area contributed by atoms with Crippen molar-refractivity contribution in [2.75, 3.05) is 18.1 Å². The lowest BCUT2D eigenvalue weighted by Gasteiger charge is -2.41. The number of alkyl halides is 7. The number of anilines is 1. The normalized spacial score (nSPS) is 16.6. The number of rotatable bonds is 7. The van der Waals surface area contributed by atoms with Gasteiger partial charge in [-0.05, 0) is 41.5 Å². The SMILES string of the molecule is O[C@@H](CN1c2cccc(-c3cc(F)c(F)c(F)c3)c2OCC1c1cccc(OC(F)(F)C(F)F)c1)C(F)(F)F. The Kier molecular flexibility index (Phi) is 7.61. The van der Waals surface area contributed by atoms with Crippen molar-refractivity contribution in [3.05, 3.63) is 77.6 Å². The second kappa shape index (κ2) is 10.5. The third-order valence-electron chi connectivity index (χ3n) is 5.86. The summed E-state index contributed by atoms with van der Waals surface area (Å²) >= 11 is 0. The van der Waals surface area contributed by atoms with Crippen LogP contribution in [0.2, 0.25) is 0 Å². The van der Waals surface area contributed by atoms with Crippen molar-refractivity contribution >= 4 is 5.69 Å². The first-order valence-electron chi connectivity index (χ1n) is 11.1. The number of fused-ring (bicyclic) bond motifs is 1. The lowest BCUT2D eigenvalue weighted by atomic mass is 9.98. The van der Waals surface area contributed by atoms with Crippen molar-refractivity contribution in [3.8, 4) is 22.6 Å². The van der Waals surface area contributed by atoms with Crippen molar-refractivity contribution < 1.29 is 58.5 Å². The van der Waals surface area contributed by atoms with Crippen LogP contribution < -0.4 is 14.4 Å². The Labute approximate surface area is 214 Å². The summed E-state index contributed by atoms with van der Waals surface area (Å²) in [5.74, 6) is -5.67.